The minimum Gasteiger partial charge on any atom is -0.496 e. The molecule has 0 atom stereocenters. The summed E-state index contributed by atoms with van der Waals surface area (Å²) in [5.41, 5.74) is 2.34. The molecule has 0 saturated carbocycles. The third-order valence-corrected chi connectivity index (χ3v) is 5.61. The monoisotopic (exact) mass is 404 g/mol. The lowest BCUT2D eigenvalue weighted by molar-refractivity contribution is -0.117. The van der Waals surface area contributed by atoms with Crippen molar-refractivity contribution in [3.63, 3.8) is 0 Å². The van der Waals surface area contributed by atoms with E-state index in [1.807, 2.05) is 72.8 Å². The lowest BCUT2D eigenvalue weighted by atomic mass is 10.1. The van der Waals surface area contributed by atoms with Crippen LogP contribution >= 0.6 is 11.3 Å². The first-order chi connectivity index (χ1) is 14.2. The minimum absolute atomic E-state index is 0.113. The zero-order valence-corrected chi connectivity index (χ0v) is 17.0. The fraction of sp³-hybridized carbons (Fsp3) is 0.130. The minimum atomic E-state index is -0.113. The molecule has 5 nitrogen and oxygen atoms in total. The van der Waals surface area contributed by atoms with Crippen molar-refractivity contribution in [3.05, 3.63) is 78.4 Å². The molecule has 0 aliphatic heterocycles. The molecule has 0 spiro atoms. The van der Waals surface area contributed by atoms with Crippen LogP contribution in [0, 0.1) is 0 Å². The number of thiazole rings is 1. The number of ether oxygens (including phenoxy) is 2. The maximum Gasteiger partial charge on any atom is 0.238 e. The van der Waals surface area contributed by atoms with Gasteiger partial charge in [-0.05, 0) is 30.3 Å². The number of hydrogen-bond acceptors (Lipinski definition) is 5. The van der Waals surface area contributed by atoms with Crippen LogP contribution in [-0.2, 0) is 11.2 Å². The smallest absolute Gasteiger partial charge is 0.238 e. The maximum atomic E-state index is 13.5. The highest BCUT2D eigenvalue weighted by molar-refractivity contribution is 7.22. The van der Waals surface area contributed by atoms with Crippen LogP contribution in [0.4, 0.5) is 10.8 Å². The molecule has 1 amide bonds. The van der Waals surface area contributed by atoms with Gasteiger partial charge < -0.3 is 9.47 Å². The van der Waals surface area contributed by atoms with Gasteiger partial charge >= 0.3 is 0 Å². The molecule has 0 N–H and O–H groups in total. The zero-order chi connectivity index (χ0) is 20.2. The van der Waals surface area contributed by atoms with Crippen LogP contribution in [-0.4, -0.2) is 25.1 Å². The van der Waals surface area contributed by atoms with Crippen molar-refractivity contribution < 1.29 is 14.3 Å². The van der Waals surface area contributed by atoms with E-state index in [-0.39, 0.29) is 12.3 Å². The van der Waals surface area contributed by atoms with Crippen LogP contribution in [0.2, 0.25) is 0 Å². The van der Waals surface area contributed by atoms with Crippen molar-refractivity contribution >= 4 is 38.3 Å². The van der Waals surface area contributed by atoms with E-state index < -0.39 is 0 Å². The van der Waals surface area contributed by atoms with E-state index in [9.17, 15) is 4.79 Å². The SMILES string of the molecule is COc1ccccc1CC(=O)N(c1nc2ccccc2s1)c1ccccc1OC. The summed E-state index contributed by atoms with van der Waals surface area (Å²) in [6.07, 6.45) is 0.179. The van der Waals surface area contributed by atoms with E-state index in [1.54, 1.807) is 19.1 Å². The molecule has 1 heterocycles. The summed E-state index contributed by atoms with van der Waals surface area (Å²) >= 11 is 1.48. The molecule has 6 heteroatoms. The van der Waals surface area contributed by atoms with E-state index in [2.05, 4.69) is 0 Å². The number of fused-ring (bicyclic) bond motifs is 1. The first kappa shape index (κ1) is 19.0. The molecule has 0 aliphatic carbocycles. The van der Waals surface area contributed by atoms with Crippen LogP contribution in [0.5, 0.6) is 11.5 Å². The first-order valence-corrected chi connectivity index (χ1v) is 9.96. The number of para-hydroxylation sites is 4. The first-order valence-electron chi connectivity index (χ1n) is 9.14. The second-order valence-electron chi connectivity index (χ2n) is 6.35. The van der Waals surface area contributed by atoms with Crippen molar-refractivity contribution in [2.24, 2.45) is 0 Å². The molecular formula is C23H20N2O3S. The Hall–Kier alpha value is -3.38. The van der Waals surface area contributed by atoms with Gasteiger partial charge in [0.15, 0.2) is 5.13 Å². The van der Waals surface area contributed by atoms with Gasteiger partial charge in [-0.1, -0.05) is 53.8 Å². The van der Waals surface area contributed by atoms with Gasteiger partial charge in [-0.3, -0.25) is 9.69 Å². The molecule has 146 valence electrons. The van der Waals surface area contributed by atoms with Crippen molar-refractivity contribution in [3.8, 4) is 11.5 Å². The van der Waals surface area contributed by atoms with E-state index in [4.69, 9.17) is 14.5 Å². The molecule has 0 saturated heterocycles. The molecule has 29 heavy (non-hydrogen) atoms. The van der Waals surface area contributed by atoms with Gasteiger partial charge in [0.2, 0.25) is 5.91 Å². The maximum absolute atomic E-state index is 13.5. The Balaban J connectivity index is 1.80. The highest BCUT2D eigenvalue weighted by atomic mass is 32.1. The largest absolute Gasteiger partial charge is 0.496 e. The Kier molecular flexibility index (Phi) is 5.44. The van der Waals surface area contributed by atoms with Crippen LogP contribution in [0.15, 0.2) is 72.8 Å². The molecule has 0 bridgehead atoms. The summed E-state index contributed by atoms with van der Waals surface area (Å²) in [6.45, 7) is 0. The van der Waals surface area contributed by atoms with E-state index in [1.165, 1.54) is 11.3 Å². The Morgan fingerprint density at radius 1 is 0.897 bits per heavy atom. The Bertz CT molecular complexity index is 1120. The summed E-state index contributed by atoms with van der Waals surface area (Å²) in [5.74, 6) is 1.18. The summed E-state index contributed by atoms with van der Waals surface area (Å²) < 4.78 is 12.0. The number of hydrogen-bond donors (Lipinski definition) is 0. The standard InChI is InChI=1S/C23H20N2O3S/c1-27-19-12-6-3-9-16(19)15-22(26)25(18-11-5-7-13-20(18)28-2)23-24-17-10-4-8-14-21(17)29-23/h3-14H,15H2,1-2H3. The molecule has 0 aliphatic rings. The van der Waals surface area contributed by atoms with Gasteiger partial charge in [0.05, 0.1) is 36.5 Å². The average Bonchev–Trinajstić information content (AvgIpc) is 3.18. The fourth-order valence-electron chi connectivity index (χ4n) is 3.21. The van der Waals surface area contributed by atoms with Crippen LogP contribution in [0.3, 0.4) is 0 Å². The fourth-order valence-corrected chi connectivity index (χ4v) is 4.20. The molecule has 0 radical (unpaired) electrons. The van der Waals surface area contributed by atoms with Gasteiger partial charge in [-0.15, -0.1) is 0 Å². The van der Waals surface area contributed by atoms with Gasteiger partial charge in [0.1, 0.15) is 11.5 Å². The van der Waals surface area contributed by atoms with Crippen LogP contribution < -0.4 is 14.4 Å². The number of methoxy groups -OCH3 is 2. The van der Waals surface area contributed by atoms with Crippen molar-refractivity contribution in [1.82, 2.24) is 4.98 Å². The predicted molar refractivity (Wildman–Crippen MR) is 116 cm³/mol. The lowest BCUT2D eigenvalue weighted by Crippen LogP contribution is -2.28. The second kappa shape index (κ2) is 8.32. The van der Waals surface area contributed by atoms with Gasteiger partial charge in [0.25, 0.3) is 0 Å². The van der Waals surface area contributed by atoms with Crippen molar-refractivity contribution in [1.29, 1.82) is 0 Å². The molecule has 4 rings (SSSR count). The second-order valence-corrected chi connectivity index (χ2v) is 7.36. The molecule has 4 aromatic rings. The third kappa shape index (κ3) is 3.79. The van der Waals surface area contributed by atoms with Gasteiger partial charge in [-0.2, -0.15) is 0 Å². The molecular weight excluding hydrogens is 384 g/mol. The molecule has 0 unspecified atom stereocenters. The number of rotatable bonds is 6. The number of carbonyl (C=O) groups is 1. The lowest BCUT2D eigenvalue weighted by Gasteiger charge is -2.22. The highest BCUT2D eigenvalue weighted by Crippen LogP contribution is 2.38. The van der Waals surface area contributed by atoms with Crippen molar-refractivity contribution in [2.75, 3.05) is 19.1 Å². The number of amides is 1. The average molecular weight is 404 g/mol. The number of carbonyl (C=O) groups excluding carboxylic acids is 1. The number of aromatic nitrogens is 1. The quantitative estimate of drug-likeness (QED) is 0.442. The highest BCUT2D eigenvalue weighted by Gasteiger charge is 2.25. The van der Waals surface area contributed by atoms with E-state index >= 15 is 0 Å². The van der Waals surface area contributed by atoms with Crippen LogP contribution in [0.25, 0.3) is 10.2 Å². The Morgan fingerprint density at radius 3 is 2.31 bits per heavy atom. The summed E-state index contributed by atoms with van der Waals surface area (Å²) in [7, 11) is 3.20. The summed E-state index contributed by atoms with van der Waals surface area (Å²) in [6, 6.07) is 22.9. The Labute approximate surface area is 173 Å². The number of anilines is 2. The third-order valence-electron chi connectivity index (χ3n) is 4.58. The Morgan fingerprint density at radius 2 is 1.55 bits per heavy atom. The molecule has 0 fully saturated rings. The van der Waals surface area contributed by atoms with Gasteiger partial charge in [0, 0.05) is 5.56 Å². The zero-order valence-electron chi connectivity index (χ0n) is 16.2. The number of benzene rings is 3. The summed E-state index contributed by atoms with van der Waals surface area (Å²) in [5, 5.41) is 0.607. The van der Waals surface area contributed by atoms with Crippen molar-refractivity contribution in [2.45, 2.75) is 6.42 Å². The van der Waals surface area contributed by atoms with Gasteiger partial charge in [-0.25, -0.2) is 4.98 Å². The van der Waals surface area contributed by atoms with Crippen LogP contribution in [0.1, 0.15) is 5.56 Å². The molecule has 1 aromatic heterocycles. The normalized spacial score (nSPS) is 10.7. The molecule has 3 aromatic carbocycles. The number of nitrogens with zero attached hydrogens (tertiary/aromatic N) is 2. The predicted octanol–water partition coefficient (Wildman–Crippen LogP) is 5.22. The van der Waals surface area contributed by atoms with E-state index in [0.717, 1.165) is 15.8 Å². The topological polar surface area (TPSA) is 51.7 Å². The van der Waals surface area contributed by atoms with E-state index in [0.29, 0.717) is 22.3 Å². The summed E-state index contributed by atoms with van der Waals surface area (Å²) in [4.78, 5) is 19.8.